The van der Waals surface area contributed by atoms with E-state index in [-0.39, 0.29) is 6.04 Å². The van der Waals surface area contributed by atoms with E-state index in [4.69, 9.17) is 4.52 Å². The van der Waals surface area contributed by atoms with E-state index in [0.717, 1.165) is 43.6 Å². The number of benzene rings is 1. The topological polar surface area (TPSA) is 45.4 Å². The van der Waals surface area contributed by atoms with Crippen molar-refractivity contribution in [2.75, 3.05) is 32.7 Å². The highest BCUT2D eigenvalue weighted by molar-refractivity contribution is 5.53. The molecule has 5 nitrogen and oxygen atoms in total. The van der Waals surface area contributed by atoms with Crippen LogP contribution in [0.5, 0.6) is 0 Å². The fourth-order valence-electron chi connectivity index (χ4n) is 3.99. The van der Waals surface area contributed by atoms with Gasteiger partial charge < -0.3 is 9.42 Å². The summed E-state index contributed by atoms with van der Waals surface area (Å²) in [6.07, 6.45) is 8.53. The first-order valence-corrected chi connectivity index (χ1v) is 9.80. The summed E-state index contributed by atoms with van der Waals surface area (Å²) in [7, 11) is 0. The lowest BCUT2D eigenvalue weighted by Gasteiger charge is -2.38. The van der Waals surface area contributed by atoms with Gasteiger partial charge in [-0.2, -0.15) is 4.98 Å². The molecule has 1 aliphatic carbocycles. The smallest absolute Gasteiger partial charge is 0.244 e. The van der Waals surface area contributed by atoms with E-state index >= 15 is 0 Å². The van der Waals surface area contributed by atoms with Gasteiger partial charge in [-0.3, -0.25) is 4.90 Å². The van der Waals surface area contributed by atoms with Gasteiger partial charge >= 0.3 is 0 Å². The van der Waals surface area contributed by atoms with Gasteiger partial charge in [0.2, 0.25) is 11.7 Å². The van der Waals surface area contributed by atoms with Crippen molar-refractivity contribution in [1.29, 1.82) is 0 Å². The van der Waals surface area contributed by atoms with Crippen LogP contribution >= 0.6 is 0 Å². The molecule has 0 bridgehead atoms. The fraction of sp³-hybridized carbons (Fsp3) is 0.524. The van der Waals surface area contributed by atoms with Gasteiger partial charge in [0, 0.05) is 38.3 Å². The fourth-order valence-corrected chi connectivity index (χ4v) is 3.99. The lowest BCUT2D eigenvalue weighted by Crippen LogP contribution is -2.48. The minimum absolute atomic E-state index is 0.166. The largest absolute Gasteiger partial charge is 0.337 e. The van der Waals surface area contributed by atoms with Gasteiger partial charge in [0.25, 0.3) is 0 Å². The minimum Gasteiger partial charge on any atom is -0.337 e. The Kier molecular flexibility index (Phi) is 5.46. The molecule has 0 N–H and O–H groups in total. The number of aromatic nitrogens is 2. The van der Waals surface area contributed by atoms with Crippen molar-refractivity contribution in [3.8, 4) is 11.4 Å². The van der Waals surface area contributed by atoms with Crippen LogP contribution < -0.4 is 0 Å². The van der Waals surface area contributed by atoms with Crippen LogP contribution in [0.2, 0.25) is 0 Å². The molecular weight excluding hydrogens is 324 g/mol. The average molecular weight is 352 g/mol. The third-order valence-corrected chi connectivity index (χ3v) is 5.68. The van der Waals surface area contributed by atoms with E-state index in [1.165, 1.54) is 25.8 Å². The van der Waals surface area contributed by atoms with Gasteiger partial charge in [0.05, 0.1) is 6.04 Å². The van der Waals surface area contributed by atoms with E-state index in [0.29, 0.717) is 5.82 Å². The summed E-state index contributed by atoms with van der Waals surface area (Å²) in [6, 6.07) is 10.2. The molecule has 26 heavy (non-hydrogen) atoms. The van der Waals surface area contributed by atoms with Gasteiger partial charge in [-0.1, -0.05) is 47.6 Å². The summed E-state index contributed by atoms with van der Waals surface area (Å²) >= 11 is 0. The highest BCUT2D eigenvalue weighted by Crippen LogP contribution is 2.24. The van der Waals surface area contributed by atoms with E-state index in [2.05, 4.69) is 39.0 Å². The predicted molar refractivity (Wildman–Crippen MR) is 103 cm³/mol. The average Bonchev–Trinajstić information content (AvgIpc) is 3.20. The molecule has 138 valence electrons. The summed E-state index contributed by atoms with van der Waals surface area (Å²) in [5.41, 5.74) is 1.00. The zero-order valence-corrected chi connectivity index (χ0v) is 15.6. The normalized spacial score (nSPS) is 23.2. The lowest BCUT2D eigenvalue weighted by molar-refractivity contribution is 0.0782. The van der Waals surface area contributed by atoms with E-state index in [1.807, 2.05) is 30.3 Å². The highest BCUT2D eigenvalue weighted by Gasteiger charge is 2.27. The van der Waals surface area contributed by atoms with Crippen molar-refractivity contribution < 1.29 is 4.52 Å². The minimum atomic E-state index is 0.166. The maximum atomic E-state index is 5.56. The van der Waals surface area contributed by atoms with Gasteiger partial charge in [-0.15, -0.1) is 0 Å². The van der Waals surface area contributed by atoms with Crippen LogP contribution in [0.4, 0.5) is 0 Å². The summed E-state index contributed by atoms with van der Waals surface area (Å²) < 4.78 is 5.56. The number of allylic oxidation sites excluding steroid dienone is 2. The Morgan fingerprint density at radius 1 is 1.12 bits per heavy atom. The molecule has 2 aliphatic rings. The molecule has 2 heterocycles. The molecule has 4 rings (SSSR count). The summed E-state index contributed by atoms with van der Waals surface area (Å²) in [6.45, 7) is 7.79. The predicted octanol–water partition coefficient (Wildman–Crippen LogP) is 3.77. The Hall–Kier alpha value is -1.98. The number of piperazine rings is 1. The first-order chi connectivity index (χ1) is 12.8. The van der Waals surface area contributed by atoms with Crippen LogP contribution in [0.15, 0.2) is 47.0 Å². The molecule has 0 amide bonds. The second kappa shape index (κ2) is 8.14. The van der Waals surface area contributed by atoms with Crippen LogP contribution in [0, 0.1) is 5.92 Å². The Morgan fingerprint density at radius 2 is 1.92 bits per heavy atom. The van der Waals surface area contributed by atoms with Crippen LogP contribution in [-0.2, 0) is 0 Å². The number of nitrogens with zero attached hydrogens (tertiary/aromatic N) is 4. The third-order valence-electron chi connectivity index (χ3n) is 5.68. The number of rotatable bonds is 5. The molecule has 1 saturated heterocycles. The van der Waals surface area contributed by atoms with Crippen molar-refractivity contribution in [2.45, 2.75) is 32.2 Å². The van der Waals surface area contributed by atoms with Crippen LogP contribution in [-0.4, -0.2) is 52.7 Å². The summed E-state index contributed by atoms with van der Waals surface area (Å²) in [4.78, 5) is 9.71. The molecule has 1 aliphatic heterocycles. The monoisotopic (exact) mass is 352 g/mol. The molecule has 0 spiro atoms. The van der Waals surface area contributed by atoms with E-state index < -0.39 is 0 Å². The molecule has 1 fully saturated rings. The van der Waals surface area contributed by atoms with E-state index in [9.17, 15) is 0 Å². The zero-order valence-electron chi connectivity index (χ0n) is 15.6. The zero-order chi connectivity index (χ0) is 17.8. The molecule has 5 heteroatoms. The Balaban J connectivity index is 1.31. The van der Waals surface area contributed by atoms with Crippen molar-refractivity contribution in [3.05, 3.63) is 48.4 Å². The Morgan fingerprint density at radius 3 is 2.65 bits per heavy atom. The first-order valence-electron chi connectivity index (χ1n) is 9.80. The van der Waals surface area contributed by atoms with Crippen molar-refractivity contribution >= 4 is 0 Å². The molecule has 0 unspecified atom stereocenters. The SMILES string of the molecule is C[C@@H](c1nc(-c2ccccc2)no1)N1CCN(C[C@H]2CC=CCC2)CC1. The number of hydrogen-bond acceptors (Lipinski definition) is 5. The standard InChI is InChI=1S/C21H28N4O/c1-17(21-22-20(23-26-21)19-10-6-3-7-11-19)25-14-12-24(13-15-25)16-18-8-4-2-5-9-18/h2-4,6-7,10-11,17-18H,5,8-9,12-16H2,1H3/t17-,18-/m0/s1. The van der Waals surface area contributed by atoms with Gasteiger partial charge in [-0.25, -0.2) is 0 Å². The van der Waals surface area contributed by atoms with Crippen LogP contribution in [0.1, 0.15) is 38.1 Å². The molecule has 1 aromatic carbocycles. The van der Waals surface area contributed by atoms with Crippen molar-refractivity contribution in [1.82, 2.24) is 19.9 Å². The van der Waals surface area contributed by atoms with Crippen LogP contribution in [0.3, 0.4) is 0 Å². The molecule has 1 aromatic heterocycles. The second-order valence-electron chi connectivity index (χ2n) is 7.49. The number of hydrogen-bond donors (Lipinski definition) is 0. The Labute approximate surface area is 155 Å². The van der Waals surface area contributed by atoms with Gasteiger partial charge in [-0.05, 0) is 32.1 Å². The van der Waals surface area contributed by atoms with Crippen LogP contribution in [0.25, 0.3) is 11.4 Å². The third kappa shape index (κ3) is 4.05. The maximum absolute atomic E-state index is 5.56. The van der Waals surface area contributed by atoms with Gasteiger partial charge in [0.15, 0.2) is 0 Å². The first kappa shape index (κ1) is 17.4. The molecule has 2 aromatic rings. The second-order valence-corrected chi connectivity index (χ2v) is 7.49. The van der Waals surface area contributed by atoms with Gasteiger partial charge in [0.1, 0.15) is 0 Å². The van der Waals surface area contributed by atoms with E-state index in [1.54, 1.807) is 0 Å². The van der Waals surface area contributed by atoms with Crippen molar-refractivity contribution in [3.63, 3.8) is 0 Å². The summed E-state index contributed by atoms with van der Waals surface area (Å²) in [5, 5.41) is 4.17. The highest BCUT2D eigenvalue weighted by atomic mass is 16.5. The summed E-state index contributed by atoms with van der Waals surface area (Å²) in [5.74, 6) is 2.24. The Bertz CT molecular complexity index is 719. The van der Waals surface area contributed by atoms with Crippen molar-refractivity contribution in [2.24, 2.45) is 5.92 Å². The lowest BCUT2D eigenvalue weighted by atomic mass is 9.94. The molecule has 0 saturated carbocycles. The molecule has 0 radical (unpaired) electrons. The molecule has 2 atom stereocenters. The quantitative estimate of drug-likeness (QED) is 0.767. The molecular formula is C21H28N4O. The maximum Gasteiger partial charge on any atom is 0.244 e.